The van der Waals surface area contributed by atoms with Gasteiger partial charge in [0.1, 0.15) is 11.5 Å². The number of carbonyl (C=O) groups is 2. The molecular weight excluding hydrogens is 464 g/mol. The second kappa shape index (κ2) is 11.3. The van der Waals surface area contributed by atoms with E-state index in [1.165, 1.54) is 7.11 Å². The Bertz CT molecular complexity index is 1160. The van der Waals surface area contributed by atoms with Crippen molar-refractivity contribution in [3.63, 3.8) is 0 Å². The maximum Gasteiger partial charge on any atom is 0.257 e. The molecule has 1 aliphatic rings. The zero-order valence-electron chi connectivity index (χ0n) is 19.9. The molecule has 0 aromatic heterocycles. The summed E-state index contributed by atoms with van der Waals surface area (Å²) in [6, 6.07) is 22.5. The molecule has 2 amide bonds. The van der Waals surface area contributed by atoms with Gasteiger partial charge in [0.25, 0.3) is 5.91 Å². The van der Waals surface area contributed by atoms with Gasteiger partial charge in [0, 0.05) is 29.7 Å². The molecule has 7 heteroatoms. The van der Waals surface area contributed by atoms with Gasteiger partial charge in [-0.05, 0) is 60.9 Å². The minimum Gasteiger partial charge on any atom is -0.497 e. The summed E-state index contributed by atoms with van der Waals surface area (Å²) in [5.41, 5.74) is 2.31. The number of carbonyl (C=O) groups excluding carboxylic acids is 2. The fourth-order valence-corrected chi connectivity index (χ4v) is 4.56. The van der Waals surface area contributed by atoms with E-state index in [4.69, 9.17) is 21.1 Å². The maximum atomic E-state index is 13.7. The number of benzene rings is 3. The molecule has 3 aromatic carbocycles. The Morgan fingerprint density at radius 1 is 0.943 bits per heavy atom. The summed E-state index contributed by atoms with van der Waals surface area (Å²) in [7, 11) is 3.15. The Labute approximate surface area is 211 Å². The summed E-state index contributed by atoms with van der Waals surface area (Å²) < 4.78 is 10.6. The van der Waals surface area contributed by atoms with Gasteiger partial charge in [0.15, 0.2) is 0 Å². The van der Waals surface area contributed by atoms with Crippen molar-refractivity contribution in [1.29, 1.82) is 0 Å². The SMILES string of the molecule is COc1ccc(N(Cc2ccccc2)C(=O)C2CCN(C(=O)c3cc(Cl)ccc3OC)CC2)cc1. The molecule has 182 valence electrons. The number of likely N-dealkylation sites (tertiary alicyclic amines) is 1. The zero-order chi connectivity index (χ0) is 24.8. The Kier molecular flexibility index (Phi) is 7.93. The lowest BCUT2D eigenvalue weighted by atomic mass is 9.94. The molecule has 0 bridgehead atoms. The Hall–Kier alpha value is -3.51. The molecule has 1 heterocycles. The third kappa shape index (κ3) is 5.77. The van der Waals surface area contributed by atoms with Crippen molar-refractivity contribution in [3.8, 4) is 11.5 Å². The molecule has 0 N–H and O–H groups in total. The van der Waals surface area contributed by atoms with Crippen molar-refractivity contribution >= 4 is 29.1 Å². The van der Waals surface area contributed by atoms with E-state index in [9.17, 15) is 9.59 Å². The van der Waals surface area contributed by atoms with E-state index in [2.05, 4.69) is 0 Å². The third-order valence-electron chi connectivity index (χ3n) is 6.36. The normalized spacial score (nSPS) is 13.9. The molecule has 4 rings (SSSR count). The summed E-state index contributed by atoms with van der Waals surface area (Å²) >= 11 is 6.12. The smallest absolute Gasteiger partial charge is 0.257 e. The van der Waals surface area contributed by atoms with E-state index in [1.54, 1.807) is 30.2 Å². The molecule has 6 nitrogen and oxygen atoms in total. The van der Waals surface area contributed by atoms with Gasteiger partial charge in [0.05, 0.1) is 26.3 Å². The van der Waals surface area contributed by atoms with Crippen LogP contribution in [0.3, 0.4) is 0 Å². The number of rotatable bonds is 7. The molecule has 35 heavy (non-hydrogen) atoms. The van der Waals surface area contributed by atoms with E-state index < -0.39 is 0 Å². The quantitative estimate of drug-likeness (QED) is 0.440. The Morgan fingerprint density at radius 3 is 2.26 bits per heavy atom. The lowest BCUT2D eigenvalue weighted by Crippen LogP contribution is -2.44. The number of hydrogen-bond acceptors (Lipinski definition) is 4. The van der Waals surface area contributed by atoms with Crippen LogP contribution in [-0.2, 0) is 11.3 Å². The number of piperidine rings is 1. The predicted octanol–water partition coefficient (Wildman–Crippen LogP) is 5.44. The number of methoxy groups -OCH3 is 2. The van der Waals surface area contributed by atoms with Gasteiger partial charge < -0.3 is 19.3 Å². The number of hydrogen-bond donors (Lipinski definition) is 0. The van der Waals surface area contributed by atoms with Gasteiger partial charge in [-0.1, -0.05) is 41.9 Å². The maximum absolute atomic E-state index is 13.7. The second-order valence-electron chi connectivity index (χ2n) is 8.52. The van der Waals surface area contributed by atoms with Crippen molar-refractivity contribution in [2.45, 2.75) is 19.4 Å². The van der Waals surface area contributed by atoms with Crippen LogP contribution >= 0.6 is 11.6 Å². The Balaban J connectivity index is 1.49. The zero-order valence-corrected chi connectivity index (χ0v) is 20.7. The van der Waals surface area contributed by atoms with E-state index in [0.29, 0.717) is 48.8 Å². The summed E-state index contributed by atoms with van der Waals surface area (Å²) in [6.45, 7) is 1.46. The molecule has 1 aliphatic heterocycles. The minimum atomic E-state index is -0.175. The summed E-state index contributed by atoms with van der Waals surface area (Å²) in [6.07, 6.45) is 1.18. The lowest BCUT2D eigenvalue weighted by molar-refractivity contribution is -0.123. The van der Waals surface area contributed by atoms with Gasteiger partial charge in [0.2, 0.25) is 5.91 Å². The predicted molar refractivity (Wildman–Crippen MR) is 137 cm³/mol. The van der Waals surface area contributed by atoms with Crippen LogP contribution in [-0.4, -0.2) is 44.0 Å². The first-order chi connectivity index (χ1) is 17.0. The van der Waals surface area contributed by atoms with Crippen molar-refractivity contribution in [2.24, 2.45) is 5.92 Å². The highest BCUT2D eigenvalue weighted by Gasteiger charge is 2.32. The average molecular weight is 493 g/mol. The topological polar surface area (TPSA) is 59.1 Å². The molecule has 0 radical (unpaired) electrons. The van der Waals surface area contributed by atoms with Gasteiger partial charge in [-0.3, -0.25) is 9.59 Å². The first-order valence-electron chi connectivity index (χ1n) is 11.6. The van der Waals surface area contributed by atoms with Crippen LogP contribution in [0, 0.1) is 5.92 Å². The van der Waals surface area contributed by atoms with Crippen LogP contribution in [0.5, 0.6) is 11.5 Å². The van der Waals surface area contributed by atoms with Crippen LogP contribution < -0.4 is 14.4 Å². The van der Waals surface area contributed by atoms with Crippen LogP contribution in [0.25, 0.3) is 0 Å². The van der Waals surface area contributed by atoms with Crippen LogP contribution in [0.4, 0.5) is 5.69 Å². The summed E-state index contributed by atoms with van der Waals surface area (Å²) in [5, 5.41) is 0.482. The van der Waals surface area contributed by atoms with E-state index in [-0.39, 0.29) is 17.7 Å². The highest BCUT2D eigenvalue weighted by atomic mass is 35.5. The molecule has 0 saturated carbocycles. The molecule has 1 fully saturated rings. The largest absolute Gasteiger partial charge is 0.497 e. The van der Waals surface area contributed by atoms with Crippen LogP contribution in [0.2, 0.25) is 5.02 Å². The van der Waals surface area contributed by atoms with Gasteiger partial charge in [-0.15, -0.1) is 0 Å². The van der Waals surface area contributed by atoms with Gasteiger partial charge in [-0.2, -0.15) is 0 Å². The van der Waals surface area contributed by atoms with Crippen LogP contribution in [0.1, 0.15) is 28.8 Å². The van der Waals surface area contributed by atoms with Crippen molar-refractivity contribution < 1.29 is 19.1 Å². The van der Waals surface area contributed by atoms with Crippen molar-refractivity contribution in [3.05, 3.63) is 88.9 Å². The van der Waals surface area contributed by atoms with Gasteiger partial charge in [-0.25, -0.2) is 0 Å². The van der Waals surface area contributed by atoms with E-state index in [1.807, 2.05) is 59.5 Å². The molecule has 0 unspecified atom stereocenters. The monoisotopic (exact) mass is 492 g/mol. The highest BCUT2D eigenvalue weighted by molar-refractivity contribution is 6.31. The van der Waals surface area contributed by atoms with E-state index in [0.717, 1.165) is 17.0 Å². The van der Waals surface area contributed by atoms with E-state index >= 15 is 0 Å². The fourth-order valence-electron chi connectivity index (χ4n) is 4.39. The third-order valence-corrected chi connectivity index (χ3v) is 6.59. The summed E-state index contributed by atoms with van der Waals surface area (Å²) in [5.74, 6) is 0.986. The lowest BCUT2D eigenvalue weighted by Gasteiger charge is -2.34. The number of ether oxygens (including phenoxy) is 2. The Morgan fingerprint density at radius 2 is 1.63 bits per heavy atom. The first-order valence-corrected chi connectivity index (χ1v) is 12.0. The van der Waals surface area contributed by atoms with Crippen molar-refractivity contribution in [1.82, 2.24) is 4.90 Å². The minimum absolute atomic E-state index is 0.0615. The van der Waals surface area contributed by atoms with Gasteiger partial charge >= 0.3 is 0 Å². The average Bonchev–Trinajstić information content (AvgIpc) is 2.91. The number of amides is 2. The standard InChI is InChI=1S/C28H29ClN2O4/c1-34-24-11-9-23(10-12-24)31(19-20-6-4-3-5-7-20)27(32)21-14-16-30(17-15-21)28(33)25-18-22(29)8-13-26(25)35-2/h3-13,18,21H,14-17,19H2,1-2H3. The highest BCUT2D eigenvalue weighted by Crippen LogP contribution is 2.29. The molecule has 0 aliphatic carbocycles. The fraction of sp³-hybridized carbons (Fsp3) is 0.286. The molecular formula is C28H29ClN2O4. The molecule has 1 saturated heterocycles. The number of halogens is 1. The molecule has 3 aromatic rings. The summed E-state index contributed by atoms with van der Waals surface area (Å²) in [4.78, 5) is 30.4. The van der Waals surface area contributed by atoms with Crippen LogP contribution in [0.15, 0.2) is 72.8 Å². The molecule has 0 spiro atoms. The van der Waals surface area contributed by atoms with Crippen molar-refractivity contribution in [2.75, 3.05) is 32.2 Å². The second-order valence-corrected chi connectivity index (χ2v) is 8.96. The first kappa shape index (κ1) is 24.6. The molecule has 0 atom stereocenters. The number of anilines is 1. The number of nitrogens with zero attached hydrogens (tertiary/aromatic N) is 2.